The van der Waals surface area contributed by atoms with Crippen molar-refractivity contribution in [2.24, 2.45) is 5.73 Å². The smallest absolute Gasteiger partial charge is 0.123 e. The molecule has 4 N–H and O–H groups in total. The summed E-state index contributed by atoms with van der Waals surface area (Å²) in [6.07, 6.45) is 0. The number of rotatable bonds is 2. The van der Waals surface area contributed by atoms with Crippen molar-refractivity contribution in [3.63, 3.8) is 0 Å². The van der Waals surface area contributed by atoms with E-state index < -0.39 is 6.04 Å². The highest BCUT2D eigenvalue weighted by Gasteiger charge is 2.13. The lowest BCUT2D eigenvalue weighted by atomic mass is 9.98. The highest BCUT2D eigenvalue weighted by Crippen LogP contribution is 2.29. The SMILES string of the molecule is Cc1ccc(C)c([C@@H](N)CO)c1O. The first kappa shape index (κ1) is 10.0. The normalized spacial score (nSPS) is 12.9. The standard InChI is InChI=1S/C10H15NO2/c1-6-3-4-7(2)10(13)9(6)8(11)5-12/h3-4,8,12-13H,5,11H2,1-2H3/t8-/m0/s1. The molecule has 0 spiro atoms. The van der Waals surface area contributed by atoms with E-state index in [1.807, 2.05) is 26.0 Å². The fraction of sp³-hybridized carbons (Fsp3) is 0.400. The molecule has 0 aliphatic carbocycles. The minimum Gasteiger partial charge on any atom is -0.507 e. The molecule has 0 saturated heterocycles. The van der Waals surface area contributed by atoms with Crippen molar-refractivity contribution in [1.29, 1.82) is 0 Å². The molecule has 13 heavy (non-hydrogen) atoms. The maximum Gasteiger partial charge on any atom is 0.123 e. The first-order chi connectivity index (χ1) is 6.07. The second-order valence-corrected chi connectivity index (χ2v) is 3.25. The molecule has 0 aromatic heterocycles. The quantitative estimate of drug-likeness (QED) is 0.637. The lowest BCUT2D eigenvalue weighted by Crippen LogP contribution is -2.16. The van der Waals surface area contributed by atoms with Gasteiger partial charge in [0, 0.05) is 5.56 Å². The largest absolute Gasteiger partial charge is 0.507 e. The van der Waals surface area contributed by atoms with Gasteiger partial charge in [0.25, 0.3) is 0 Å². The van der Waals surface area contributed by atoms with Crippen LogP contribution in [0.2, 0.25) is 0 Å². The van der Waals surface area contributed by atoms with Crippen LogP contribution < -0.4 is 5.73 Å². The molecule has 0 fully saturated rings. The average molecular weight is 181 g/mol. The molecule has 0 unspecified atom stereocenters. The van der Waals surface area contributed by atoms with Gasteiger partial charge in [-0.1, -0.05) is 12.1 Å². The lowest BCUT2D eigenvalue weighted by molar-refractivity contribution is 0.264. The fourth-order valence-corrected chi connectivity index (χ4v) is 1.38. The highest BCUT2D eigenvalue weighted by atomic mass is 16.3. The van der Waals surface area contributed by atoms with Crippen LogP contribution in [0.1, 0.15) is 22.7 Å². The van der Waals surface area contributed by atoms with E-state index in [1.165, 1.54) is 0 Å². The van der Waals surface area contributed by atoms with E-state index in [0.717, 1.165) is 11.1 Å². The first-order valence-electron chi connectivity index (χ1n) is 4.23. The fourth-order valence-electron chi connectivity index (χ4n) is 1.38. The third kappa shape index (κ3) is 1.82. The Morgan fingerprint density at radius 1 is 1.31 bits per heavy atom. The summed E-state index contributed by atoms with van der Waals surface area (Å²) in [6, 6.07) is 3.22. The van der Waals surface area contributed by atoms with E-state index in [1.54, 1.807) is 0 Å². The number of phenolic OH excluding ortho intramolecular Hbond substituents is 1. The number of aliphatic hydroxyl groups is 1. The Morgan fingerprint density at radius 2 is 1.85 bits per heavy atom. The predicted molar refractivity (Wildman–Crippen MR) is 51.6 cm³/mol. The number of hydrogen-bond acceptors (Lipinski definition) is 3. The lowest BCUT2D eigenvalue weighted by Gasteiger charge is -2.15. The highest BCUT2D eigenvalue weighted by molar-refractivity contribution is 5.46. The van der Waals surface area contributed by atoms with Gasteiger partial charge >= 0.3 is 0 Å². The Bertz CT molecular complexity index is 310. The van der Waals surface area contributed by atoms with Crippen molar-refractivity contribution in [3.05, 3.63) is 28.8 Å². The molecule has 0 radical (unpaired) electrons. The Balaban J connectivity index is 3.25. The number of aryl methyl sites for hydroxylation is 2. The van der Waals surface area contributed by atoms with Gasteiger partial charge in [-0.15, -0.1) is 0 Å². The van der Waals surface area contributed by atoms with Crippen LogP contribution in [0, 0.1) is 13.8 Å². The average Bonchev–Trinajstić information content (AvgIpc) is 2.12. The molecule has 3 nitrogen and oxygen atoms in total. The molecule has 1 atom stereocenters. The number of aromatic hydroxyl groups is 1. The first-order valence-corrected chi connectivity index (χ1v) is 4.23. The number of phenols is 1. The van der Waals surface area contributed by atoms with Gasteiger partial charge < -0.3 is 15.9 Å². The summed E-state index contributed by atoms with van der Waals surface area (Å²) in [7, 11) is 0. The number of benzene rings is 1. The molecular weight excluding hydrogens is 166 g/mol. The van der Waals surface area contributed by atoms with Crippen LogP contribution in [0.4, 0.5) is 0 Å². The minimum atomic E-state index is -0.500. The van der Waals surface area contributed by atoms with Gasteiger partial charge in [-0.25, -0.2) is 0 Å². The molecule has 0 saturated carbocycles. The summed E-state index contributed by atoms with van der Waals surface area (Å²) in [6.45, 7) is 3.52. The molecule has 0 aliphatic heterocycles. The molecule has 1 aromatic rings. The second kappa shape index (κ2) is 3.77. The monoisotopic (exact) mass is 181 g/mol. The summed E-state index contributed by atoms with van der Waals surface area (Å²) in [5, 5.41) is 18.6. The van der Waals surface area contributed by atoms with Crippen LogP contribution >= 0.6 is 0 Å². The maximum atomic E-state index is 9.69. The van der Waals surface area contributed by atoms with Gasteiger partial charge in [0.15, 0.2) is 0 Å². The van der Waals surface area contributed by atoms with Crippen molar-refractivity contribution >= 4 is 0 Å². The van der Waals surface area contributed by atoms with E-state index in [2.05, 4.69) is 0 Å². The summed E-state index contributed by atoms with van der Waals surface area (Å²) in [5.74, 6) is 0.196. The van der Waals surface area contributed by atoms with Crippen LogP contribution in [0.15, 0.2) is 12.1 Å². The van der Waals surface area contributed by atoms with Gasteiger partial charge in [0.1, 0.15) is 5.75 Å². The predicted octanol–water partition coefficient (Wildman–Crippen LogP) is 1.00. The van der Waals surface area contributed by atoms with Crippen LogP contribution in [0.3, 0.4) is 0 Å². The van der Waals surface area contributed by atoms with Gasteiger partial charge in [0.2, 0.25) is 0 Å². The number of nitrogens with two attached hydrogens (primary N) is 1. The number of aliphatic hydroxyl groups excluding tert-OH is 1. The van der Waals surface area contributed by atoms with Crippen LogP contribution in [-0.2, 0) is 0 Å². The Hall–Kier alpha value is -1.06. The van der Waals surface area contributed by atoms with Crippen LogP contribution in [0.5, 0.6) is 5.75 Å². The van der Waals surface area contributed by atoms with Gasteiger partial charge in [0.05, 0.1) is 12.6 Å². The summed E-state index contributed by atoms with van der Waals surface area (Å²) in [5.41, 5.74) is 7.99. The van der Waals surface area contributed by atoms with Gasteiger partial charge in [-0.3, -0.25) is 0 Å². The summed E-state index contributed by atoms with van der Waals surface area (Å²) < 4.78 is 0. The molecule has 1 rings (SSSR count). The Kier molecular flexibility index (Phi) is 2.90. The van der Waals surface area contributed by atoms with Crippen molar-refractivity contribution < 1.29 is 10.2 Å². The zero-order valence-corrected chi connectivity index (χ0v) is 7.91. The molecule has 0 bridgehead atoms. The van der Waals surface area contributed by atoms with Crippen LogP contribution in [-0.4, -0.2) is 16.8 Å². The topological polar surface area (TPSA) is 66.5 Å². The third-order valence-electron chi connectivity index (χ3n) is 2.20. The molecule has 0 aliphatic rings. The van der Waals surface area contributed by atoms with E-state index in [-0.39, 0.29) is 12.4 Å². The molecule has 3 heteroatoms. The Labute approximate surface area is 77.8 Å². The molecule has 0 amide bonds. The molecule has 0 heterocycles. The van der Waals surface area contributed by atoms with Crippen molar-refractivity contribution in [2.45, 2.75) is 19.9 Å². The van der Waals surface area contributed by atoms with Crippen molar-refractivity contribution in [1.82, 2.24) is 0 Å². The van der Waals surface area contributed by atoms with E-state index in [4.69, 9.17) is 10.8 Å². The molecule has 1 aromatic carbocycles. The molecular formula is C10H15NO2. The van der Waals surface area contributed by atoms with Crippen molar-refractivity contribution in [3.8, 4) is 5.75 Å². The zero-order chi connectivity index (χ0) is 10.0. The minimum absolute atomic E-state index is 0.155. The number of hydrogen-bond donors (Lipinski definition) is 3. The maximum absolute atomic E-state index is 9.69. The summed E-state index contributed by atoms with van der Waals surface area (Å²) in [4.78, 5) is 0. The van der Waals surface area contributed by atoms with Gasteiger partial charge in [-0.05, 0) is 25.0 Å². The zero-order valence-electron chi connectivity index (χ0n) is 7.91. The van der Waals surface area contributed by atoms with Crippen LogP contribution in [0.25, 0.3) is 0 Å². The molecule has 72 valence electrons. The Morgan fingerprint density at radius 3 is 2.38 bits per heavy atom. The summed E-state index contributed by atoms with van der Waals surface area (Å²) >= 11 is 0. The van der Waals surface area contributed by atoms with Gasteiger partial charge in [-0.2, -0.15) is 0 Å². The van der Waals surface area contributed by atoms with E-state index in [0.29, 0.717) is 5.56 Å². The second-order valence-electron chi connectivity index (χ2n) is 3.25. The van der Waals surface area contributed by atoms with E-state index >= 15 is 0 Å². The third-order valence-corrected chi connectivity index (χ3v) is 2.20. The van der Waals surface area contributed by atoms with Crippen molar-refractivity contribution in [2.75, 3.05) is 6.61 Å². The van der Waals surface area contributed by atoms with E-state index in [9.17, 15) is 5.11 Å².